The second kappa shape index (κ2) is 5.91. The molecule has 0 aromatic heterocycles. The summed E-state index contributed by atoms with van der Waals surface area (Å²) in [5, 5.41) is 19.3. The number of morpholine rings is 1. The number of ether oxygens (including phenoxy) is 1. The van der Waals surface area contributed by atoms with E-state index in [9.17, 15) is 15.0 Å². The van der Waals surface area contributed by atoms with Crippen LogP contribution in [0.1, 0.15) is 16.8 Å². The SMILES string of the molecule is O=C(c1cc(O)ccc1O)N1CCC(N2CCOCC2)C1. The average molecular weight is 292 g/mol. The molecule has 6 nitrogen and oxygen atoms in total. The van der Waals surface area contributed by atoms with Gasteiger partial charge in [-0.1, -0.05) is 0 Å². The van der Waals surface area contributed by atoms with Gasteiger partial charge in [-0.25, -0.2) is 0 Å². The molecule has 1 aromatic rings. The van der Waals surface area contributed by atoms with Gasteiger partial charge in [0.05, 0.1) is 18.8 Å². The van der Waals surface area contributed by atoms with Gasteiger partial charge in [0.2, 0.25) is 0 Å². The van der Waals surface area contributed by atoms with Crippen LogP contribution in [0.3, 0.4) is 0 Å². The van der Waals surface area contributed by atoms with E-state index in [1.807, 2.05) is 0 Å². The maximum absolute atomic E-state index is 12.5. The fraction of sp³-hybridized carbons (Fsp3) is 0.533. The number of likely N-dealkylation sites (tertiary alicyclic amines) is 1. The Kier molecular flexibility index (Phi) is 3.98. The molecule has 114 valence electrons. The number of benzene rings is 1. The molecule has 1 atom stereocenters. The highest BCUT2D eigenvalue weighted by Crippen LogP contribution is 2.26. The topological polar surface area (TPSA) is 73.2 Å². The predicted octanol–water partition coefficient (Wildman–Crippen LogP) is 0.644. The van der Waals surface area contributed by atoms with Crippen molar-refractivity contribution in [2.24, 2.45) is 0 Å². The molecule has 2 N–H and O–H groups in total. The average Bonchev–Trinajstić information content (AvgIpc) is 3.00. The number of hydrogen-bond acceptors (Lipinski definition) is 5. The normalized spacial score (nSPS) is 23.4. The lowest BCUT2D eigenvalue weighted by Gasteiger charge is -2.32. The Labute approximate surface area is 123 Å². The van der Waals surface area contributed by atoms with E-state index in [1.165, 1.54) is 18.2 Å². The Hall–Kier alpha value is -1.79. The smallest absolute Gasteiger partial charge is 0.257 e. The zero-order valence-electron chi connectivity index (χ0n) is 11.9. The van der Waals surface area contributed by atoms with Crippen molar-refractivity contribution in [3.63, 3.8) is 0 Å². The first-order valence-electron chi connectivity index (χ1n) is 7.28. The maximum Gasteiger partial charge on any atom is 0.257 e. The van der Waals surface area contributed by atoms with E-state index in [4.69, 9.17) is 4.74 Å². The largest absolute Gasteiger partial charge is 0.508 e. The van der Waals surface area contributed by atoms with Gasteiger partial charge >= 0.3 is 0 Å². The van der Waals surface area contributed by atoms with E-state index >= 15 is 0 Å². The van der Waals surface area contributed by atoms with Crippen LogP contribution in [-0.4, -0.2) is 71.4 Å². The highest BCUT2D eigenvalue weighted by atomic mass is 16.5. The molecule has 1 amide bonds. The standard InChI is InChI=1S/C15H20N2O4/c18-12-1-2-14(19)13(9-12)15(20)17-4-3-11(10-17)16-5-7-21-8-6-16/h1-2,9,11,18-19H,3-8,10H2. The van der Waals surface area contributed by atoms with Gasteiger partial charge in [0, 0.05) is 32.2 Å². The number of phenolic OH excluding ortho intramolecular Hbond substituents is 2. The Morgan fingerprint density at radius 1 is 1.19 bits per heavy atom. The maximum atomic E-state index is 12.5. The molecule has 3 rings (SSSR count). The van der Waals surface area contributed by atoms with E-state index in [0.29, 0.717) is 19.1 Å². The van der Waals surface area contributed by atoms with Crippen molar-refractivity contribution < 1.29 is 19.7 Å². The highest BCUT2D eigenvalue weighted by Gasteiger charge is 2.32. The molecule has 2 aliphatic heterocycles. The summed E-state index contributed by atoms with van der Waals surface area (Å²) in [6.45, 7) is 4.65. The number of aromatic hydroxyl groups is 2. The first-order valence-corrected chi connectivity index (χ1v) is 7.28. The minimum atomic E-state index is -0.223. The van der Waals surface area contributed by atoms with Crippen LogP contribution in [0.4, 0.5) is 0 Å². The molecule has 1 unspecified atom stereocenters. The molecular weight excluding hydrogens is 272 g/mol. The van der Waals surface area contributed by atoms with Gasteiger partial charge in [-0.2, -0.15) is 0 Å². The van der Waals surface area contributed by atoms with Crippen molar-refractivity contribution in [2.75, 3.05) is 39.4 Å². The summed E-state index contributed by atoms with van der Waals surface area (Å²) in [5.74, 6) is -0.327. The van der Waals surface area contributed by atoms with Crippen LogP contribution in [0, 0.1) is 0 Å². The van der Waals surface area contributed by atoms with Crippen LogP contribution in [0.5, 0.6) is 11.5 Å². The van der Waals surface area contributed by atoms with Crippen molar-refractivity contribution in [1.29, 1.82) is 0 Å². The minimum Gasteiger partial charge on any atom is -0.508 e. The highest BCUT2D eigenvalue weighted by molar-refractivity contribution is 5.97. The van der Waals surface area contributed by atoms with Crippen molar-refractivity contribution in [3.8, 4) is 11.5 Å². The van der Waals surface area contributed by atoms with E-state index in [-0.39, 0.29) is 23.0 Å². The second-order valence-electron chi connectivity index (χ2n) is 5.54. The van der Waals surface area contributed by atoms with Gasteiger partial charge in [0.1, 0.15) is 11.5 Å². The van der Waals surface area contributed by atoms with E-state index in [0.717, 1.165) is 32.7 Å². The van der Waals surface area contributed by atoms with Crippen LogP contribution < -0.4 is 0 Å². The predicted molar refractivity (Wildman–Crippen MR) is 76.5 cm³/mol. The molecule has 0 spiro atoms. The summed E-state index contributed by atoms with van der Waals surface area (Å²) in [6.07, 6.45) is 0.936. The van der Waals surface area contributed by atoms with Crippen LogP contribution >= 0.6 is 0 Å². The zero-order chi connectivity index (χ0) is 14.8. The van der Waals surface area contributed by atoms with Crippen molar-refractivity contribution >= 4 is 5.91 Å². The fourth-order valence-corrected chi connectivity index (χ4v) is 3.03. The van der Waals surface area contributed by atoms with Crippen molar-refractivity contribution in [3.05, 3.63) is 23.8 Å². The number of rotatable bonds is 2. The van der Waals surface area contributed by atoms with Gasteiger partial charge in [-0.3, -0.25) is 9.69 Å². The van der Waals surface area contributed by atoms with Crippen molar-refractivity contribution in [1.82, 2.24) is 9.80 Å². The molecule has 1 aromatic carbocycles. The van der Waals surface area contributed by atoms with E-state index < -0.39 is 0 Å². The lowest BCUT2D eigenvalue weighted by Crippen LogP contribution is -2.45. The second-order valence-corrected chi connectivity index (χ2v) is 5.54. The quantitative estimate of drug-likeness (QED) is 0.783. The van der Waals surface area contributed by atoms with Gasteiger partial charge in [0.25, 0.3) is 5.91 Å². The third kappa shape index (κ3) is 2.96. The minimum absolute atomic E-state index is 0.0138. The molecule has 2 heterocycles. The third-order valence-corrected chi connectivity index (χ3v) is 4.22. The summed E-state index contributed by atoms with van der Waals surface area (Å²) < 4.78 is 5.35. The number of carbonyl (C=O) groups is 1. The van der Waals surface area contributed by atoms with E-state index in [1.54, 1.807) is 4.90 Å². The third-order valence-electron chi connectivity index (χ3n) is 4.22. The van der Waals surface area contributed by atoms with E-state index in [2.05, 4.69) is 4.90 Å². The van der Waals surface area contributed by atoms with Gasteiger partial charge in [0.15, 0.2) is 0 Å². The number of phenols is 2. The summed E-state index contributed by atoms with van der Waals surface area (Å²) in [6, 6.07) is 4.39. The number of hydrogen-bond donors (Lipinski definition) is 2. The van der Waals surface area contributed by atoms with Crippen LogP contribution in [0.15, 0.2) is 18.2 Å². The first-order chi connectivity index (χ1) is 10.1. The Morgan fingerprint density at radius 3 is 2.71 bits per heavy atom. The van der Waals surface area contributed by atoms with Crippen LogP contribution in [0.2, 0.25) is 0 Å². The fourth-order valence-electron chi connectivity index (χ4n) is 3.03. The molecule has 2 aliphatic rings. The number of carbonyl (C=O) groups excluding carboxylic acids is 1. The molecule has 6 heteroatoms. The Balaban J connectivity index is 1.67. The first kappa shape index (κ1) is 14.2. The molecule has 2 fully saturated rings. The van der Waals surface area contributed by atoms with Gasteiger partial charge in [-0.05, 0) is 24.6 Å². The van der Waals surface area contributed by atoms with Gasteiger partial charge < -0.3 is 19.8 Å². The lowest BCUT2D eigenvalue weighted by atomic mass is 10.1. The summed E-state index contributed by atoms with van der Waals surface area (Å²) in [7, 11) is 0. The Morgan fingerprint density at radius 2 is 1.95 bits per heavy atom. The van der Waals surface area contributed by atoms with Crippen molar-refractivity contribution in [2.45, 2.75) is 12.5 Å². The van der Waals surface area contributed by atoms with Gasteiger partial charge in [-0.15, -0.1) is 0 Å². The summed E-state index contributed by atoms with van der Waals surface area (Å²) in [4.78, 5) is 16.6. The molecule has 0 saturated carbocycles. The number of nitrogens with zero attached hydrogens (tertiary/aromatic N) is 2. The molecule has 0 bridgehead atoms. The van der Waals surface area contributed by atoms with Crippen LogP contribution in [0.25, 0.3) is 0 Å². The molecule has 0 aliphatic carbocycles. The summed E-state index contributed by atoms with van der Waals surface area (Å²) in [5.41, 5.74) is 0.164. The summed E-state index contributed by atoms with van der Waals surface area (Å²) >= 11 is 0. The molecule has 0 radical (unpaired) electrons. The lowest BCUT2D eigenvalue weighted by molar-refractivity contribution is 0.0185. The molecule has 21 heavy (non-hydrogen) atoms. The number of amides is 1. The molecule has 2 saturated heterocycles. The van der Waals surface area contributed by atoms with Crippen LogP contribution in [-0.2, 0) is 4.74 Å². The Bertz CT molecular complexity index is 528. The monoisotopic (exact) mass is 292 g/mol. The zero-order valence-corrected chi connectivity index (χ0v) is 11.9. The molecular formula is C15H20N2O4.